The second-order valence-corrected chi connectivity index (χ2v) is 6.19. The highest BCUT2D eigenvalue weighted by Gasteiger charge is 2.26. The number of halogens is 1. The van der Waals surface area contributed by atoms with Crippen molar-refractivity contribution in [1.82, 2.24) is 4.90 Å². The van der Waals surface area contributed by atoms with Gasteiger partial charge in [-0.1, -0.05) is 31.2 Å². The number of nitrogens with zero attached hydrogens (tertiary/aromatic N) is 2. The van der Waals surface area contributed by atoms with Crippen molar-refractivity contribution in [3.63, 3.8) is 0 Å². The van der Waals surface area contributed by atoms with E-state index in [2.05, 4.69) is 22.1 Å². The van der Waals surface area contributed by atoms with Gasteiger partial charge in [0.05, 0.1) is 6.54 Å². The molecule has 0 unspecified atom stereocenters. The number of nitrogens with two attached hydrogens (primary N) is 1. The Morgan fingerprint density at radius 1 is 1.15 bits per heavy atom. The second kappa shape index (κ2) is 10.4. The highest BCUT2D eigenvalue weighted by molar-refractivity contribution is 14.0. The van der Waals surface area contributed by atoms with Crippen molar-refractivity contribution >= 4 is 35.6 Å². The molecule has 0 bridgehead atoms. The minimum atomic E-state index is 0. The van der Waals surface area contributed by atoms with E-state index in [0.717, 1.165) is 36.3 Å². The van der Waals surface area contributed by atoms with Gasteiger partial charge in [-0.2, -0.15) is 0 Å². The second-order valence-electron chi connectivity index (χ2n) is 6.19. The fourth-order valence-corrected chi connectivity index (χ4v) is 2.79. The SMILES string of the molecule is CCN(CCN=C(N)Nc1cccc(Oc2ccccc2)c1)C1CC1.I. The molecule has 26 heavy (non-hydrogen) atoms. The zero-order chi connectivity index (χ0) is 17.5. The van der Waals surface area contributed by atoms with Crippen LogP contribution >= 0.6 is 24.0 Å². The molecule has 140 valence electrons. The van der Waals surface area contributed by atoms with Gasteiger partial charge < -0.3 is 15.8 Å². The molecule has 0 aliphatic heterocycles. The van der Waals surface area contributed by atoms with Gasteiger partial charge in [-0.15, -0.1) is 24.0 Å². The Balaban J connectivity index is 0.00000243. The molecule has 2 aromatic rings. The number of hydrogen-bond donors (Lipinski definition) is 2. The van der Waals surface area contributed by atoms with Gasteiger partial charge in [0.2, 0.25) is 0 Å². The summed E-state index contributed by atoms with van der Waals surface area (Å²) in [6.45, 7) is 4.94. The fraction of sp³-hybridized carbons (Fsp3) is 0.350. The van der Waals surface area contributed by atoms with Gasteiger partial charge in [-0.05, 0) is 43.7 Å². The molecule has 0 saturated heterocycles. The van der Waals surface area contributed by atoms with Gasteiger partial charge in [-0.25, -0.2) is 0 Å². The highest BCUT2D eigenvalue weighted by Crippen LogP contribution is 2.26. The average molecular weight is 466 g/mol. The first-order chi connectivity index (χ1) is 12.2. The van der Waals surface area contributed by atoms with E-state index in [1.807, 2.05) is 54.6 Å². The number of benzene rings is 2. The van der Waals surface area contributed by atoms with Gasteiger partial charge in [0.15, 0.2) is 5.96 Å². The van der Waals surface area contributed by atoms with Crippen LogP contribution in [-0.2, 0) is 0 Å². The fourth-order valence-electron chi connectivity index (χ4n) is 2.79. The Hall–Kier alpha value is -1.80. The van der Waals surface area contributed by atoms with E-state index in [9.17, 15) is 0 Å². The number of rotatable bonds is 8. The van der Waals surface area contributed by atoms with E-state index in [1.165, 1.54) is 12.8 Å². The third kappa shape index (κ3) is 6.49. The summed E-state index contributed by atoms with van der Waals surface area (Å²) in [6.07, 6.45) is 2.64. The van der Waals surface area contributed by atoms with Crippen LogP contribution in [-0.4, -0.2) is 36.5 Å². The van der Waals surface area contributed by atoms with Crippen molar-refractivity contribution in [3.05, 3.63) is 54.6 Å². The lowest BCUT2D eigenvalue weighted by atomic mass is 10.3. The molecule has 0 atom stereocenters. The first-order valence-corrected chi connectivity index (χ1v) is 8.88. The maximum absolute atomic E-state index is 6.01. The summed E-state index contributed by atoms with van der Waals surface area (Å²) in [5, 5.41) is 3.13. The van der Waals surface area contributed by atoms with Gasteiger partial charge in [0.1, 0.15) is 11.5 Å². The average Bonchev–Trinajstić information content (AvgIpc) is 3.45. The van der Waals surface area contributed by atoms with Gasteiger partial charge in [0.25, 0.3) is 0 Å². The molecule has 1 aliphatic carbocycles. The smallest absolute Gasteiger partial charge is 0.193 e. The predicted octanol–water partition coefficient (Wildman–Crippen LogP) is 4.31. The quantitative estimate of drug-likeness (QED) is 0.346. The lowest BCUT2D eigenvalue weighted by Crippen LogP contribution is -2.30. The molecule has 1 fully saturated rings. The summed E-state index contributed by atoms with van der Waals surface area (Å²) in [5.41, 5.74) is 6.87. The zero-order valence-corrected chi connectivity index (χ0v) is 17.4. The summed E-state index contributed by atoms with van der Waals surface area (Å²) in [4.78, 5) is 6.90. The van der Waals surface area contributed by atoms with E-state index >= 15 is 0 Å². The van der Waals surface area contributed by atoms with E-state index in [1.54, 1.807) is 0 Å². The van der Waals surface area contributed by atoms with Crippen LogP contribution < -0.4 is 15.8 Å². The summed E-state index contributed by atoms with van der Waals surface area (Å²) in [7, 11) is 0. The standard InChI is InChI=1S/C20H26N4O.HI/c1-2-24(17-11-12-17)14-13-22-20(21)23-16-7-6-10-19(15-16)25-18-8-4-3-5-9-18;/h3-10,15,17H,2,11-14H2,1H3,(H3,21,22,23);1H. The third-order valence-corrected chi connectivity index (χ3v) is 4.22. The van der Waals surface area contributed by atoms with Crippen molar-refractivity contribution < 1.29 is 4.74 Å². The maximum atomic E-state index is 6.01. The largest absolute Gasteiger partial charge is 0.457 e. The molecule has 0 amide bonds. The number of nitrogens with one attached hydrogen (secondary N) is 1. The van der Waals surface area contributed by atoms with Crippen molar-refractivity contribution in [2.24, 2.45) is 10.7 Å². The highest BCUT2D eigenvalue weighted by atomic mass is 127. The lowest BCUT2D eigenvalue weighted by Gasteiger charge is -2.18. The maximum Gasteiger partial charge on any atom is 0.193 e. The van der Waals surface area contributed by atoms with E-state index in [0.29, 0.717) is 12.5 Å². The number of hydrogen-bond acceptors (Lipinski definition) is 3. The first kappa shape index (κ1) is 20.5. The van der Waals surface area contributed by atoms with E-state index in [-0.39, 0.29) is 24.0 Å². The molecule has 2 aromatic carbocycles. The van der Waals surface area contributed by atoms with Crippen LogP contribution in [0.3, 0.4) is 0 Å². The molecule has 6 heteroatoms. The molecule has 0 radical (unpaired) electrons. The van der Waals surface area contributed by atoms with Crippen molar-refractivity contribution in [2.75, 3.05) is 25.0 Å². The number of anilines is 1. The third-order valence-electron chi connectivity index (χ3n) is 4.22. The van der Waals surface area contributed by atoms with Crippen molar-refractivity contribution in [3.8, 4) is 11.5 Å². The first-order valence-electron chi connectivity index (χ1n) is 8.88. The van der Waals surface area contributed by atoms with Gasteiger partial charge in [0, 0.05) is 24.3 Å². The summed E-state index contributed by atoms with van der Waals surface area (Å²) in [6, 6.07) is 18.2. The summed E-state index contributed by atoms with van der Waals surface area (Å²) >= 11 is 0. The van der Waals surface area contributed by atoms with Crippen LogP contribution in [0.5, 0.6) is 11.5 Å². The van der Waals surface area contributed by atoms with Crippen LogP contribution in [0.2, 0.25) is 0 Å². The number of ether oxygens (including phenoxy) is 1. The van der Waals surface area contributed by atoms with Crippen molar-refractivity contribution in [1.29, 1.82) is 0 Å². The van der Waals surface area contributed by atoms with Gasteiger partial charge in [-0.3, -0.25) is 9.89 Å². The Morgan fingerprint density at radius 2 is 1.88 bits per heavy atom. The minimum Gasteiger partial charge on any atom is -0.457 e. The van der Waals surface area contributed by atoms with Crippen LogP contribution in [0.1, 0.15) is 19.8 Å². The molecule has 5 nitrogen and oxygen atoms in total. The monoisotopic (exact) mass is 466 g/mol. The molecule has 1 saturated carbocycles. The molecule has 3 N–H and O–H groups in total. The molecule has 0 spiro atoms. The summed E-state index contributed by atoms with van der Waals surface area (Å²) in [5.74, 6) is 2.00. The Kier molecular flexibility index (Phi) is 8.18. The number of likely N-dealkylation sites (N-methyl/N-ethyl adjacent to an activating group) is 1. The Bertz CT molecular complexity index is 704. The topological polar surface area (TPSA) is 62.9 Å². The molecule has 1 aliphatic rings. The molecular weight excluding hydrogens is 439 g/mol. The van der Waals surface area contributed by atoms with Crippen LogP contribution in [0.4, 0.5) is 5.69 Å². The zero-order valence-electron chi connectivity index (χ0n) is 15.1. The number of para-hydroxylation sites is 1. The lowest BCUT2D eigenvalue weighted by molar-refractivity contribution is 0.286. The van der Waals surface area contributed by atoms with Crippen molar-refractivity contribution in [2.45, 2.75) is 25.8 Å². The molecule has 0 aromatic heterocycles. The summed E-state index contributed by atoms with van der Waals surface area (Å²) < 4.78 is 5.83. The Morgan fingerprint density at radius 3 is 2.58 bits per heavy atom. The normalized spacial score (nSPS) is 14.0. The molecular formula is C20H27IN4O. The minimum absolute atomic E-state index is 0. The predicted molar refractivity (Wildman–Crippen MR) is 119 cm³/mol. The van der Waals surface area contributed by atoms with E-state index < -0.39 is 0 Å². The van der Waals surface area contributed by atoms with E-state index in [4.69, 9.17) is 10.5 Å². The van der Waals surface area contributed by atoms with Gasteiger partial charge >= 0.3 is 0 Å². The Labute approximate surface area is 172 Å². The number of aliphatic imine (C=N–C) groups is 1. The molecule has 3 rings (SSSR count). The van der Waals surface area contributed by atoms with Crippen LogP contribution in [0.15, 0.2) is 59.6 Å². The number of guanidine groups is 1. The van der Waals surface area contributed by atoms with Crippen LogP contribution in [0.25, 0.3) is 0 Å². The molecule has 0 heterocycles. The van der Waals surface area contributed by atoms with Crippen LogP contribution in [0, 0.1) is 0 Å².